The fourth-order valence-electron chi connectivity index (χ4n) is 3.98. The maximum atomic E-state index is 12.9. The number of hydrogen-bond donors (Lipinski definition) is 1. The Kier molecular flexibility index (Phi) is 7.49. The van der Waals surface area contributed by atoms with Gasteiger partial charge in [0.05, 0.1) is 39.9 Å². The van der Waals surface area contributed by atoms with Gasteiger partial charge in [0, 0.05) is 34.7 Å². The van der Waals surface area contributed by atoms with Gasteiger partial charge < -0.3 is 28.7 Å². The average Bonchev–Trinajstić information content (AvgIpc) is 3.31. The Morgan fingerprint density at radius 3 is 2.31 bits per heavy atom. The van der Waals surface area contributed by atoms with E-state index < -0.39 is 0 Å². The molecule has 0 aliphatic carbocycles. The summed E-state index contributed by atoms with van der Waals surface area (Å²) in [6, 6.07) is 16.9. The number of benzene rings is 3. The topological polar surface area (TPSA) is 79.2 Å². The van der Waals surface area contributed by atoms with E-state index in [4.69, 9.17) is 23.4 Å². The lowest BCUT2D eigenvalue weighted by Gasteiger charge is -2.13. The molecular formula is C29H29NO6. The summed E-state index contributed by atoms with van der Waals surface area (Å²) in [6.07, 6.45) is 3.27. The molecule has 1 amide bonds. The van der Waals surface area contributed by atoms with Crippen LogP contribution in [0, 0.1) is 0 Å². The van der Waals surface area contributed by atoms with Crippen molar-refractivity contribution in [1.29, 1.82) is 0 Å². The molecule has 186 valence electrons. The second kappa shape index (κ2) is 10.9. The monoisotopic (exact) mass is 487 g/mol. The molecule has 3 aromatic carbocycles. The normalized spacial score (nSPS) is 11.3. The lowest BCUT2D eigenvalue weighted by atomic mass is 9.99. The summed E-state index contributed by atoms with van der Waals surface area (Å²) in [4.78, 5) is 12.9. The van der Waals surface area contributed by atoms with E-state index in [1.54, 1.807) is 51.9 Å². The van der Waals surface area contributed by atoms with Gasteiger partial charge in [-0.15, -0.1) is 0 Å². The number of amides is 1. The lowest BCUT2D eigenvalue weighted by molar-refractivity contribution is -0.111. The molecule has 0 aliphatic heterocycles. The number of furan rings is 1. The van der Waals surface area contributed by atoms with Crippen molar-refractivity contribution in [1.82, 2.24) is 0 Å². The molecule has 1 N–H and O–H groups in total. The molecule has 0 atom stereocenters. The largest absolute Gasteiger partial charge is 0.497 e. The molecule has 1 heterocycles. The summed E-state index contributed by atoms with van der Waals surface area (Å²) in [5, 5.41) is 3.80. The molecule has 7 heteroatoms. The fraction of sp³-hybridized carbons (Fsp3) is 0.207. The van der Waals surface area contributed by atoms with Gasteiger partial charge in [-0.25, -0.2) is 0 Å². The van der Waals surface area contributed by atoms with Crippen LogP contribution in [-0.4, -0.2) is 33.8 Å². The molecule has 4 rings (SSSR count). The van der Waals surface area contributed by atoms with Gasteiger partial charge in [-0.3, -0.25) is 4.79 Å². The van der Waals surface area contributed by atoms with Gasteiger partial charge in [0.2, 0.25) is 5.91 Å². The summed E-state index contributed by atoms with van der Waals surface area (Å²) in [7, 11) is 4.76. The maximum Gasteiger partial charge on any atom is 0.248 e. The highest BCUT2D eigenvalue weighted by molar-refractivity contribution is 6.06. The van der Waals surface area contributed by atoms with E-state index in [1.165, 1.54) is 0 Å². The van der Waals surface area contributed by atoms with Crippen LogP contribution >= 0.6 is 0 Å². The molecule has 0 fully saturated rings. The number of rotatable bonds is 9. The molecule has 7 nitrogen and oxygen atoms in total. The van der Waals surface area contributed by atoms with Crippen LogP contribution in [0.1, 0.15) is 19.4 Å². The minimum Gasteiger partial charge on any atom is -0.497 e. The molecule has 1 aromatic heterocycles. The highest BCUT2D eigenvalue weighted by atomic mass is 16.5. The van der Waals surface area contributed by atoms with E-state index in [1.807, 2.05) is 50.2 Å². The van der Waals surface area contributed by atoms with Crippen molar-refractivity contribution in [3.63, 3.8) is 0 Å². The Bertz CT molecular complexity index is 1400. The summed E-state index contributed by atoms with van der Waals surface area (Å²) < 4.78 is 27.6. The number of anilines is 1. The highest BCUT2D eigenvalue weighted by Gasteiger charge is 2.16. The van der Waals surface area contributed by atoms with Crippen LogP contribution < -0.4 is 24.3 Å². The molecule has 0 spiro atoms. The van der Waals surface area contributed by atoms with E-state index in [0.717, 1.165) is 33.4 Å². The first-order valence-corrected chi connectivity index (χ1v) is 11.5. The third kappa shape index (κ3) is 5.15. The summed E-state index contributed by atoms with van der Waals surface area (Å²) in [5.74, 6) is 2.28. The van der Waals surface area contributed by atoms with Crippen LogP contribution in [0.3, 0.4) is 0 Å². The summed E-state index contributed by atoms with van der Waals surface area (Å²) >= 11 is 0. The Balaban J connectivity index is 1.69. The number of carbonyl (C=O) groups excluding carboxylic acids is 1. The molecule has 36 heavy (non-hydrogen) atoms. The van der Waals surface area contributed by atoms with Crippen molar-refractivity contribution < 1.29 is 28.2 Å². The van der Waals surface area contributed by atoms with Crippen molar-refractivity contribution in [2.45, 2.75) is 13.8 Å². The number of hydrogen-bond acceptors (Lipinski definition) is 6. The second-order valence-electron chi connectivity index (χ2n) is 8.04. The van der Waals surface area contributed by atoms with Crippen LogP contribution in [0.5, 0.6) is 23.0 Å². The molecule has 0 saturated carbocycles. The number of allylic oxidation sites excluding steroid dienone is 1. The summed E-state index contributed by atoms with van der Waals surface area (Å²) in [6.45, 7) is 4.27. The van der Waals surface area contributed by atoms with Gasteiger partial charge in [0.1, 0.15) is 28.6 Å². The van der Waals surface area contributed by atoms with E-state index in [0.29, 0.717) is 35.1 Å². The Hall–Kier alpha value is -4.39. The zero-order valence-corrected chi connectivity index (χ0v) is 21.0. The van der Waals surface area contributed by atoms with Crippen molar-refractivity contribution in [3.05, 3.63) is 72.5 Å². The third-order valence-electron chi connectivity index (χ3n) is 5.82. The number of nitrogens with one attached hydrogen (secondary N) is 1. The predicted octanol–water partition coefficient (Wildman–Crippen LogP) is 6.57. The zero-order chi connectivity index (χ0) is 25.7. The van der Waals surface area contributed by atoms with E-state index >= 15 is 0 Å². The van der Waals surface area contributed by atoms with E-state index in [2.05, 4.69) is 5.32 Å². The Morgan fingerprint density at radius 1 is 0.917 bits per heavy atom. The molecule has 0 unspecified atom stereocenters. The van der Waals surface area contributed by atoms with Gasteiger partial charge in [0.15, 0.2) is 0 Å². The third-order valence-corrected chi connectivity index (χ3v) is 5.82. The van der Waals surface area contributed by atoms with E-state index in [-0.39, 0.29) is 5.91 Å². The molecule has 0 bridgehead atoms. The first-order chi connectivity index (χ1) is 17.5. The van der Waals surface area contributed by atoms with Crippen molar-refractivity contribution >= 4 is 28.1 Å². The van der Waals surface area contributed by atoms with Gasteiger partial charge in [-0.05, 0) is 55.3 Å². The van der Waals surface area contributed by atoms with Crippen LogP contribution in [0.25, 0.3) is 27.7 Å². The minimum absolute atomic E-state index is 0.291. The van der Waals surface area contributed by atoms with Crippen LogP contribution in [0.15, 0.2) is 71.4 Å². The van der Waals surface area contributed by atoms with Crippen LogP contribution in [0.4, 0.5) is 5.69 Å². The molecule has 0 aliphatic rings. The van der Waals surface area contributed by atoms with Crippen molar-refractivity contribution in [2.75, 3.05) is 33.3 Å². The second-order valence-corrected chi connectivity index (χ2v) is 8.04. The number of methoxy groups -OCH3 is 3. The van der Waals surface area contributed by atoms with E-state index in [9.17, 15) is 4.79 Å². The standard InChI is InChI=1S/C29H29NO6/c1-6-35-26-16-27-23(24(17-36-27)19-7-9-20(32-3)10-8-19)15-22(26)18(2)13-29(31)30-25-12-11-21(33-4)14-28(25)34-5/h7-17H,6H2,1-5H3,(H,30,31)/b18-13+. The van der Waals surface area contributed by atoms with Gasteiger partial charge in [-0.1, -0.05) is 12.1 Å². The smallest absolute Gasteiger partial charge is 0.248 e. The Labute approximate surface area is 210 Å². The van der Waals surface area contributed by atoms with Crippen LogP contribution in [0.2, 0.25) is 0 Å². The first kappa shape index (κ1) is 24.7. The van der Waals surface area contributed by atoms with Gasteiger partial charge in [0.25, 0.3) is 0 Å². The number of ether oxygens (including phenoxy) is 4. The number of carbonyl (C=O) groups is 1. The van der Waals surface area contributed by atoms with Crippen LogP contribution in [-0.2, 0) is 4.79 Å². The first-order valence-electron chi connectivity index (χ1n) is 11.5. The Morgan fingerprint density at radius 2 is 1.64 bits per heavy atom. The molecule has 0 radical (unpaired) electrons. The predicted molar refractivity (Wildman–Crippen MR) is 141 cm³/mol. The average molecular weight is 488 g/mol. The van der Waals surface area contributed by atoms with Gasteiger partial charge in [-0.2, -0.15) is 0 Å². The molecule has 0 saturated heterocycles. The SMILES string of the molecule is CCOc1cc2occ(-c3ccc(OC)cc3)c2cc1/C(C)=C/C(=O)Nc1ccc(OC)cc1OC. The quantitative estimate of drug-likeness (QED) is 0.269. The number of fused-ring (bicyclic) bond motifs is 1. The van der Waals surface area contributed by atoms with Crippen molar-refractivity contribution in [3.8, 4) is 34.1 Å². The van der Waals surface area contributed by atoms with Gasteiger partial charge >= 0.3 is 0 Å². The van der Waals surface area contributed by atoms with Crippen molar-refractivity contribution in [2.24, 2.45) is 0 Å². The molecule has 4 aromatic rings. The minimum atomic E-state index is -0.291. The lowest BCUT2D eigenvalue weighted by Crippen LogP contribution is -2.10. The fourth-order valence-corrected chi connectivity index (χ4v) is 3.98. The zero-order valence-electron chi connectivity index (χ0n) is 21.0. The molecular weight excluding hydrogens is 458 g/mol. The summed E-state index contributed by atoms with van der Waals surface area (Å²) in [5.41, 5.74) is 4.73. The maximum absolute atomic E-state index is 12.9. The highest BCUT2D eigenvalue weighted by Crippen LogP contribution is 2.38.